The van der Waals surface area contributed by atoms with E-state index in [1.165, 1.54) is 0 Å². The summed E-state index contributed by atoms with van der Waals surface area (Å²) in [7, 11) is 0. The normalized spacial score (nSPS) is 10.2. The first-order valence-electron chi connectivity index (χ1n) is 5.30. The molecule has 0 spiro atoms. The molecule has 6 heteroatoms. The van der Waals surface area contributed by atoms with E-state index in [4.69, 9.17) is 4.74 Å². The molecule has 94 valence electrons. The van der Waals surface area contributed by atoms with Gasteiger partial charge in [0.25, 0.3) is 0 Å². The van der Waals surface area contributed by atoms with Gasteiger partial charge in [-0.15, -0.1) is 0 Å². The lowest BCUT2D eigenvalue weighted by Gasteiger charge is -2.10. The molecule has 0 fully saturated rings. The van der Waals surface area contributed by atoms with Gasteiger partial charge in [0.15, 0.2) is 11.5 Å². The zero-order chi connectivity index (χ0) is 12.8. The summed E-state index contributed by atoms with van der Waals surface area (Å²) in [6.45, 7) is 2.08. The van der Waals surface area contributed by atoms with Crippen molar-refractivity contribution >= 4 is 15.9 Å². The van der Waals surface area contributed by atoms with Gasteiger partial charge in [0.2, 0.25) is 6.54 Å². The minimum absolute atomic E-state index is 0.0308. The Bertz CT molecular complexity index is 409. The third-order valence-electron chi connectivity index (χ3n) is 2.24. The zero-order valence-corrected chi connectivity index (χ0v) is 11.1. The highest BCUT2D eigenvalue weighted by Gasteiger charge is 2.09. The Balaban J connectivity index is 2.63. The van der Waals surface area contributed by atoms with Crippen molar-refractivity contribution in [1.29, 1.82) is 0 Å². The van der Waals surface area contributed by atoms with Crippen molar-refractivity contribution in [3.05, 3.63) is 32.3 Å². The Morgan fingerprint density at radius 2 is 2.24 bits per heavy atom. The van der Waals surface area contributed by atoms with Crippen molar-refractivity contribution in [1.82, 2.24) is 0 Å². The molecule has 0 aliphatic carbocycles. The average Bonchev–Trinajstić information content (AvgIpc) is 2.29. The Morgan fingerprint density at radius 1 is 1.53 bits per heavy atom. The van der Waals surface area contributed by atoms with Gasteiger partial charge < -0.3 is 9.84 Å². The molecule has 0 unspecified atom stereocenters. The van der Waals surface area contributed by atoms with Crippen LogP contribution in [0.1, 0.15) is 18.9 Å². The van der Waals surface area contributed by atoms with Crippen LogP contribution >= 0.6 is 15.9 Å². The van der Waals surface area contributed by atoms with Crippen LogP contribution in [0.2, 0.25) is 0 Å². The molecular formula is C11H14BrNO4. The number of phenols is 1. The van der Waals surface area contributed by atoms with Gasteiger partial charge in [-0.2, -0.15) is 0 Å². The number of phenolic OH excluding ortho intramolecular Hbond substituents is 1. The average molecular weight is 304 g/mol. The molecule has 1 rings (SSSR count). The van der Waals surface area contributed by atoms with E-state index < -0.39 is 0 Å². The second-order valence-corrected chi connectivity index (χ2v) is 4.39. The Labute approximate surface area is 108 Å². The summed E-state index contributed by atoms with van der Waals surface area (Å²) in [5.74, 6) is 0.392. The first kappa shape index (κ1) is 13.8. The lowest BCUT2D eigenvalue weighted by Crippen LogP contribution is -2.07. The Hall–Kier alpha value is -1.30. The van der Waals surface area contributed by atoms with Gasteiger partial charge in [-0.05, 0) is 40.0 Å². The van der Waals surface area contributed by atoms with E-state index in [9.17, 15) is 15.2 Å². The molecule has 1 aromatic carbocycles. The summed E-state index contributed by atoms with van der Waals surface area (Å²) in [6.07, 6.45) is 1.14. The highest BCUT2D eigenvalue weighted by molar-refractivity contribution is 9.10. The summed E-state index contributed by atoms with van der Waals surface area (Å²) in [6, 6.07) is 3.56. The van der Waals surface area contributed by atoms with Gasteiger partial charge in [-0.1, -0.05) is 6.92 Å². The number of hydrogen-bond acceptors (Lipinski definition) is 4. The molecule has 0 amide bonds. The van der Waals surface area contributed by atoms with Crippen molar-refractivity contribution in [2.45, 2.75) is 19.8 Å². The number of ether oxygens (including phenoxy) is 1. The Morgan fingerprint density at radius 3 is 2.82 bits per heavy atom. The minimum atomic E-state index is -0.387. The number of nitro groups is 1. The predicted molar refractivity (Wildman–Crippen MR) is 67.2 cm³/mol. The first-order chi connectivity index (χ1) is 8.04. The molecule has 0 atom stereocenters. The van der Waals surface area contributed by atoms with Crippen molar-refractivity contribution in [2.75, 3.05) is 13.2 Å². The smallest absolute Gasteiger partial charge is 0.207 e. The van der Waals surface area contributed by atoms with E-state index in [0.717, 1.165) is 12.0 Å². The maximum atomic E-state index is 10.1. The molecule has 0 heterocycles. The second-order valence-electron chi connectivity index (χ2n) is 3.54. The number of aromatic hydroxyl groups is 1. The van der Waals surface area contributed by atoms with E-state index in [2.05, 4.69) is 15.9 Å². The van der Waals surface area contributed by atoms with Crippen LogP contribution < -0.4 is 4.74 Å². The molecule has 0 aromatic heterocycles. The topological polar surface area (TPSA) is 72.6 Å². The van der Waals surface area contributed by atoms with Crippen molar-refractivity contribution in [3.63, 3.8) is 0 Å². The number of aryl methyl sites for hydroxylation is 1. The molecule has 1 aromatic rings. The Kier molecular flexibility index (Phi) is 5.21. The molecule has 0 saturated heterocycles. The van der Waals surface area contributed by atoms with E-state index in [1.54, 1.807) is 6.07 Å². The molecule has 0 bridgehead atoms. The highest BCUT2D eigenvalue weighted by Crippen LogP contribution is 2.35. The monoisotopic (exact) mass is 303 g/mol. The molecule has 5 nitrogen and oxygen atoms in total. The molecule has 17 heavy (non-hydrogen) atoms. The van der Waals surface area contributed by atoms with Crippen LogP contribution in [0.4, 0.5) is 0 Å². The van der Waals surface area contributed by atoms with Crippen LogP contribution in [0.5, 0.6) is 11.5 Å². The molecule has 0 aliphatic heterocycles. The molecule has 0 aliphatic rings. The van der Waals surface area contributed by atoms with Gasteiger partial charge >= 0.3 is 0 Å². The van der Waals surface area contributed by atoms with E-state index in [0.29, 0.717) is 16.6 Å². The van der Waals surface area contributed by atoms with Crippen LogP contribution in [0.15, 0.2) is 16.6 Å². The number of benzene rings is 1. The van der Waals surface area contributed by atoms with Gasteiger partial charge in [0.05, 0.1) is 11.1 Å². The van der Waals surface area contributed by atoms with E-state index in [-0.39, 0.29) is 23.8 Å². The summed E-state index contributed by atoms with van der Waals surface area (Å²) in [4.78, 5) is 9.74. The third-order valence-corrected chi connectivity index (χ3v) is 2.84. The van der Waals surface area contributed by atoms with Crippen LogP contribution in [0.3, 0.4) is 0 Å². The number of nitrogens with zero attached hydrogens (tertiary/aromatic N) is 1. The van der Waals surface area contributed by atoms with E-state index >= 15 is 0 Å². The summed E-state index contributed by atoms with van der Waals surface area (Å²) in [5, 5.41) is 19.8. The van der Waals surface area contributed by atoms with Crippen LogP contribution in [0, 0.1) is 10.1 Å². The predicted octanol–water partition coefficient (Wildman–Crippen LogP) is 2.76. The standard InChI is InChI=1S/C11H14BrNO4/c1-2-8-6-9(12)11(14)10(7-8)17-5-3-4-13(15)16/h6-7,14H,2-5H2,1H3. The van der Waals surface area contributed by atoms with Crippen molar-refractivity contribution in [3.8, 4) is 11.5 Å². The molecule has 0 saturated carbocycles. The van der Waals surface area contributed by atoms with Crippen LogP contribution in [-0.4, -0.2) is 23.2 Å². The highest BCUT2D eigenvalue weighted by atomic mass is 79.9. The van der Waals surface area contributed by atoms with Gasteiger partial charge in [0, 0.05) is 11.3 Å². The maximum absolute atomic E-state index is 10.1. The maximum Gasteiger partial charge on any atom is 0.207 e. The summed E-state index contributed by atoms with van der Waals surface area (Å²) >= 11 is 3.23. The third kappa shape index (κ3) is 4.22. The summed E-state index contributed by atoms with van der Waals surface area (Å²) in [5.41, 5.74) is 1.03. The molecule has 0 radical (unpaired) electrons. The lowest BCUT2D eigenvalue weighted by molar-refractivity contribution is -0.480. The van der Waals surface area contributed by atoms with Gasteiger partial charge in [-0.25, -0.2) is 0 Å². The van der Waals surface area contributed by atoms with Crippen molar-refractivity contribution < 1.29 is 14.8 Å². The molecular weight excluding hydrogens is 290 g/mol. The van der Waals surface area contributed by atoms with Gasteiger partial charge in [-0.3, -0.25) is 10.1 Å². The van der Waals surface area contributed by atoms with E-state index in [1.807, 2.05) is 13.0 Å². The molecule has 1 N–H and O–H groups in total. The fourth-order valence-corrected chi connectivity index (χ4v) is 1.81. The van der Waals surface area contributed by atoms with Crippen LogP contribution in [-0.2, 0) is 6.42 Å². The van der Waals surface area contributed by atoms with Crippen molar-refractivity contribution in [2.24, 2.45) is 0 Å². The fourth-order valence-electron chi connectivity index (χ4n) is 1.32. The summed E-state index contributed by atoms with van der Waals surface area (Å²) < 4.78 is 5.90. The quantitative estimate of drug-likeness (QED) is 0.498. The minimum Gasteiger partial charge on any atom is -0.503 e. The first-order valence-corrected chi connectivity index (χ1v) is 6.10. The number of hydrogen-bond donors (Lipinski definition) is 1. The number of halogens is 1. The largest absolute Gasteiger partial charge is 0.503 e. The van der Waals surface area contributed by atoms with Gasteiger partial charge in [0.1, 0.15) is 0 Å². The zero-order valence-electron chi connectivity index (χ0n) is 9.48. The SMILES string of the molecule is CCc1cc(Br)c(O)c(OCCC[N+](=O)[O-])c1. The fraction of sp³-hybridized carbons (Fsp3) is 0.455. The second kappa shape index (κ2) is 6.44. The number of rotatable bonds is 6. The lowest BCUT2D eigenvalue weighted by atomic mass is 10.1. The van der Waals surface area contributed by atoms with Crippen LogP contribution in [0.25, 0.3) is 0 Å².